The minimum atomic E-state index is 0.0771. The van der Waals surface area contributed by atoms with E-state index in [-0.39, 0.29) is 18.0 Å². The second kappa shape index (κ2) is 7.04. The van der Waals surface area contributed by atoms with Crippen LogP contribution in [-0.2, 0) is 6.61 Å². The summed E-state index contributed by atoms with van der Waals surface area (Å²) >= 11 is 3.45. The Morgan fingerprint density at radius 3 is 2.50 bits per heavy atom. The van der Waals surface area contributed by atoms with E-state index in [1.807, 2.05) is 31.2 Å². The molecule has 0 spiro atoms. The number of aromatic nitrogens is 3. The summed E-state index contributed by atoms with van der Waals surface area (Å²) in [6.07, 6.45) is 0.860. The molecule has 0 aliphatic rings. The Kier molecular flexibility index (Phi) is 5.11. The van der Waals surface area contributed by atoms with Crippen molar-refractivity contribution in [3.05, 3.63) is 34.3 Å². The van der Waals surface area contributed by atoms with Crippen molar-refractivity contribution < 1.29 is 9.47 Å². The molecule has 1 heterocycles. The number of benzene rings is 1. The van der Waals surface area contributed by atoms with Crippen molar-refractivity contribution in [2.75, 3.05) is 12.3 Å². The quantitative estimate of drug-likeness (QED) is 0.871. The van der Waals surface area contributed by atoms with Crippen molar-refractivity contribution >= 4 is 21.9 Å². The Hall–Kier alpha value is -1.89. The van der Waals surface area contributed by atoms with Gasteiger partial charge in [0, 0.05) is 10.0 Å². The molecule has 0 saturated heterocycles. The van der Waals surface area contributed by atoms with Gasteiger partial charge in [0.2, 0.25) is 5.95 Å². The molecule has 0 aliphatic carbocycles. The van der Waals surface area contributed by atoms with Crippen molar-refractivity contribution in [3.8, 4) is 12.0 Å². The van der Waals surface area contributed by atoms with Gasteiger partial charge in [-0.25, -0.2) is 0 Å². The van der Waals surface area contributed by atoms with Crippen LogP contribution in [0.1, 0.15) is 18.9 Å². The van der Waals surface area contributed by atoms with Crippen molar-refractivity contribution in [2.24, 2.45) is 0 Å². The molecule has 0 atom stereocenters. The fraction of sp³-hybridized carbons (Fsp3) is 0.308. The van der Waals surface area contributed by atoms with Gasteiger partial charge in [-0.3, -0.25) is 0 Å². The van der Waals surface area contributed by atoms with E-state index in [4.69, 9.17) is 15.2 Å². The van der Waals surface area contributed by atoms with E-state index in [0.29, 0.717) is 13.2 Å². The van der Waals surface area contributed by atoms with Crippen LogP contribution in [0.4, 0.5) is 5.95 Å². The number of halogens is 1. The molecule has 2 rings (SSSR count). The second-order valence-corrected chi connectivity index (χ2v) is 4.84. The topological polar surface area (TPSA) is 83.2 Å². The first-order valence-electron chi connectivity index (χ1n) is 6.19. The summed E-state index contributed by atoms with van der Waals surface area (Å²) in [5, 5.41) is 0. The Morgan fingerprint density at radius 1 is 1.10 bits per heavy atom. The van der Waals surface area contributed by atoms with Gasteiger partial charge in [-0.1, -0.05) is 41.1 Å². The maximum absolute atomic E-state index is 5.60. The lowest BCUT2D eigenvalue weighted by Gasteiger charge is -2.08. The first kappa shape index (κ1) is 14.5. The van der Waals surface area contributed by atoms with Crippen LogP contribution in [-0.4, -0.2) is 21.6 Å². The maximum Gasteiger partial charge on any atom is 0.324 e. The van der Waals surface area contributed by atoms with Gasteiger partial charge in [0.1, 0.15) is 6.61 Å². The molecule has 20 heavy (non-hydrogen) atoms. The van der Waals surface area contributed by atoms with Crippen LogP contribution < -0.4 is 15.2 Å². The molecule has 0 amide bonds. The Balaban J connectivity index is 2.05. The number of hydrogen-bond donors (Lipinski definition) is 1. The molecule has 0 bridgehead atoms. The summed E-state index contributed by atoms with van der Waals surface area (Å²) in [5.41, 5.74) is 6.59. The minimum Gasteiger partial charge on any atom is -0.463 e. The van der Waals surface area contributed by atoms with Crippen LogP contribution in [0, 0.1) is 0 Å². The van der Waals surface area contributed by atoms with Gasteiger partial charge in [-0.2, -0.15) is 9.97 Å². The van der Waals surface area contributed by atoms with E-state index in [1.54, 1.807) is 0 Å². The molecule has 0 fully saturated rings. The number of nitrogen functional groups attached to an aromatic ring is 1. The molecule has 0 radical (unpaired) electrons. The lowest BCUT2D eigenvalue weighted by atomic mass is 10.2. The average Bonchev–Trinajstić information content (AvgIpc) is 2.44. The molecule has 0 saturated carbocycles. The Bertz CT molecular complexity index is 580. The molecule has 0 unspecified atom stereocenters. The number of hydrogen-bond acceptors (Lipinski definition) is 6. The lowest BCUT2D eigenvalue weighted by Crippen LogP contribution is -2.07. The summed E-state index contributed by atoms with van der Waals surface area (Å²) in [7, 11) is 0. The lowest BCUT2D eigenvalue weighted by molar-refractivity contribution is 0.255. The smallest absolute Gasteiger partial charge is 0.324 e. The average molecular weight is 339 g/mol. The third-order valence-electron chi connectivity index (χ3n) is 2.36. The predicted molar refractivity (Wildman–Crippen MR) is 78.5 cm³/mol. The predicted octanol–water partition coefficient (Wildman–Crippen LogP) is 2.58. The Labute approximate surface area is 125 Å². The molecule has 1 aromatic heterocycles. The van der Waals surface area contributed by atoms with Gasteiger partial charge in [-0.05, 0) is 12.5 Å². The molecule has 1 aromatic carbocycles. The number of nitrogens with two attached hydrogens (primary N) is 1. The van der Waals surface area contributed by atoms with Crippen LogP contribution in [0.25, 0.3) is 0 Å². The summed E-state index contributed by atoms with van der Waals surface area (Å²) in [5.74, 6) is 0.0771. The van der Waals surface area contributed by atoms with E-state index < -0.39 is 0 Å². The highest BCUT2D eigenvalue weighted by Gasteiger charge is 2.07. The maximum atomic E-state index is 5.60. The molecule has 2 N–H and O–H groups in total. The van der Waals surface area contributed by atoms with Crippen molar-refractivity contribution in [1.29, 1.82) is 0 Å². The monoisotopic (exact) mass is 338 g/mol. The molecule has 2 aromatic rings. The number of anilines is 1. The third-order valence-corrected chi connectivity index (χ3v) is 3.14. The molecule has 106 valence electrons. The van der Waals surface area contributed by atoms with E-state index in [9.17, 15) is 0 Å². The zero-order chi connectivity index (χ0) is 14.4. The highest BCUT2D eigenvalue weighted by molar-refractivity contribution is 9.10. The first-order valence-corrected chi connectivity index (χ1v) is 6.99. The van der Waals surface area contributed by atoms with Crippen molar-refractivity contribution in [3.63, 3.8) is 0 Å². The summed E-state index contributed by atoms with van der Waals surface area (Å²) in [6.45, 7) is 2.85. The third kappa shape index (κ3) is 4.06. The van der Waals surface area contributed by atoms with Crippen LogP contribution in [0.3, 0.4) is 0 Å². The number of rotatable bonds is 6. The fourth-order valence-electron chi connectivity index (χ4n) is 1.43. The molecule has 6 nitrogen and oxygen atoms in total. The molecule has 0 aliphatic heterocycles. The Morgan fingerprint density at radius 2 is 1.80 bits per heavy atom. The van der Waals surface area contributed by atoms with E-state index in [2.05, 4.69) is 30.9 Å². The highest BCUT2D eigenvalue weighted by atomic mass is 79.9. The van der Waals surface area contributed by atoms with Gasteiger partial charge in [-0.15, -0.1) is 4.98 Å². The van der Waals surface area contributed by atoms with Crippen LogP contribution >= 0.6 is 15.9 Å². The second-order valence-electron chi connectivity index (χ2n) is 3.99. The zero-order valence-electron chi connectivity index (χ0n) is 11.0. The highest BCUT2D eigenvalue weighted by Crippen LogP contribution is 2.18. The van der Waals surface area contributed by atoms with E-state index in [1.165, 1.54) is 0 Å². The van der Waals surface area contributed by atoms with Gasteiger partial charge >= 0.3 is 12.0 Å². The van der Waals surface area contributed by atoms with Crippen LogP contribution in [0.5, 0.6) is 12.0 Å². The normalized spacial score (nSPS) is 10.3. The van der Waals surface area contributed by atoms with Crippen LogP contribution in [0.2, 0.25) is 0 Å². The standard InChI is InChI=1S/C13H15BrN4O2/c1-2-7-19-12-16-11(15)17-13(18-12)20-8-9-5-3-4-6-10(9)14/h3-6H,2,7-8H2,1H3,(H2,15,16,17,18). The molecular weight excluding hydrogens is 324 g/mol. The zero-order valence-corrected chi connectivity index (χ0v) is 12.6. The van der Waals surface area contributed by atoms with Gasteiger partial charge in [0.15, 0.2) is 0 Å². The molecular formula is C13H15BrN4O2. The van der Waals surface area contributed by atoms with E-state index >= 15 is 0 Å². The van der Waals surface area contributed by atoms with Gasteiger partial charge in [0.25, 0.3) is 0 Å². The van der Waals surface area contributed by atoms with Crippen molar-refractivity contribution in [2.45, 2.75) is 20.0 Å². The summed E-state index contributed by atoms with van der Waals surface area (Å²) < 4.78 is 11.8. The van der Waals surface area contributed by atoms with Crippen molar-refractivity contribution in [1.82, 2.24) is 15.0 Å². The number of nitrogens with zero attached hydrogens (tertiary/aromatic N) is 3. The first-order chi connectivity index (χ1) is 9.69. The van der Waals surface area contributed by atoms with Crippen LogP contribution in [0.15, 0.2) is 28.7 Å². The molecule has 7 heteroatoms. The SMILES string of the molecule is CCCOc1nc(N)nc(OCc2ccccc2Br)n1. The number of ether oxygens (including phenoxy) is 2. The largest absolute Gasteiger partial charge is 0.463 e. The van der Waals surface area contributed by atoms with Gasteiger partial charge in [0.05, 0.1) is 6.61 Å². The minimum absolute atomic E-state index is 0.0771. The van der Waals surface area contributed by atoms with E-state index in [0.717, 1.165) is 16.5 Å². The summed E-state index contributed by atoms with van der Waals surface area (Å²) in [4.78, 5) is 11.9. The van der Waals surface area contributed by atoms with Gasteiger partial charge < -0.3 is 15.2 Å². The summed E-state index contributed by atoms with van der Waals surface area (Å²) in [6, 6.07) is 8.09. The fourth-order valence-corrected chi connectivity index (χ4v) is 1.83.